The predicted octanol–water partition coefficient (Wildman–Crippen LogP) is 3.05. The van der Waals surface area contributed by atoms with E-state index in [9.17, 15) is 35.6 Å². The van der Waals surface area contributed by atoms with Gasteiger partial charge in [0.1, 0.15) is 22.9 Å². The number of alkyl halides is 4. The fraction of sp³-hybridized carbons (Fsp3) is 0.577. The van der Waals surface area contributed by atoms with Crippen LogP contribution in [0.15, 0.2) is 18.2 Å². The van der Waals surface area contributed by atoms with Crippen LogP contribution in [0.2, 0.25) is 0 Å². The lowest BCUT2D eigenvalue weighted by Crippen LogP contribution is -2.49. The first-order valence-corrected chi connectivity index (χ1v) is 15.2. The van der Waals surface area contributed by atoms with Gasteiger partial charge in [-0.3, -0.25) is 9.59 Å². The van der Waals surface area contributed by atoms with E-state index in [2.05, 4.69) is 20.5 Å². The molecule has 1 fully saturated rings. The maximum absolute atomic E-state index is 13.5. The van der Waals surface area contributed by atoms with Gasteiger partial charge in [0.2, 0.25) is 11.8 Å². The third-order valence-corrected chi connectivity index (χ3v) is 8.34. The molecule has 1 aromatic carbocycles. The topological polar surface area (TPSA) is 129 Å². The first-order chi connectivity index (χ1) is 19.2. The van der Waals surface area contributed by atoms with Crippen molar-refractivity contribution in [1.82, 2.24) is 15.1 Å². The molecule has 0 radical (unpaired) electrons. The van der Waals surface area contributed by atoms with Gasteiger partial charge in [-0.2, -0.15) is 13.9 Å². The molecule has 2 aromatic rings. The van der Waals surface area contributed by atoms with E-state index in [4.69, 9.17) is 4.74 Å². The summed E-state index contributed by atoms with van der Waals surface area (Å²) in [6, 6.07) is 5.43. The van der Waals surface area contributed by atoms with Crippen LogP contribution in [0.1, 0.15) is 52.9 Å². The first kappa shape index (κ1) is 29.3. The second-order valence-electron chi connectivity index (χ2n) is 11.0. The van der Waals surface area contributed by atoms with Crippen molar-refractivity contribution in [3.63, 3.8) is 0 Å². The number of hydrogen-bond donors (Lipinski definition) is 2. The van der Waals surface area contributed by atoms with E-state index in [0.717, 1.165) is 17.4 Å². The summed E-state index contributed by atoms with van der Waals surface area (Å²) >= 11 is 0. The van der Waals surface area contributed by atoms with Crippen LogP contribution in [0.25, 0.3) is 0 Å². The summed E-state index contributed by atoms with van der Waals surface area (Å²) in [5.74, 6) is -4.45. The molecule has 224 valence electrons. The molecule has 2 amide bonds. The molecule has 2 N–H and O–H groups in total. The fourth-order valence-corrected chi connectivity index (χ4v) is 6.36. The zero-order chi connectivity index (χ0) is 29.6. The third-order valence-electron chi connectivity index (χ3n) is 7.56. The summed E-state index contributed by atoms with van der Waals surface area (Å²) in [6.45, 7) is -3.02. The van der Waals surface area contributed by atoms with E-state index in [1.54, 1.807) is 6.07 Å². The van der Waals surface area contributed by atoms with Crippen molar-refractivity contribution in [1.29, 1.82) is 0 Å². The molecule has 10 nitrogen and oxygen atoms in total. The molecule has 1 atom stereocenters. The normalized spacial score (nSPS) is 21.4. The van der Waals surface area contributed by atoms with Gasteiger partial charge in [0, 0.05) is 38.0 Å². The van der Waals surface area contributed by atoms with Gasteiger partial charge in [0.15, 0.2) is 9.84 Å². The van der Waals surface area contributed by atoms with Gasteiger partial charge in [-0.25, -0.2) is 21.9 Å². The Hall–Kier alpha value is -3.20. The average Bonchev–Trinajstić information content (AvgIpc) is 3.35. The summed E-state index contributed by atoms with van der Waals surface area (Å²) in [5, 5.41) is 10.0. The van der Waals surface area contributed by atoms with Gasteiger partial charge >= 0.3 is 6.61 Å². The number of rotatable bonds is 11. The molecular formula is C26H30F4N4O6S. The lowest BCUT2D eigenvalue weighted by atomic mass is 9.82. The van der Waals surface area contributed by atoms with Crippen LogP contribution in [0.5, 0.6) is 5.75 Å². The minimum Gasteiger partial charge on any atom is -0.493 e. The number of carbonyl (C=O) groups excluding carboxylic acids is 2. The summed E-state index contributed by atoms with van der Waals surface area (Å²) in [5.41, 5.74) is 1.47. The van der Waals surface area contributed by atoms with Gasteiger partial charge in [-0.05, 0) is 42.5 Å². The number of hydrogen-bond acceptors (Lipinski definition) is 7. The van der Waals surface area contributed by atoms with Crippen molar-refractivity contribution < 1.29 is 45.0 Å². The quantitative estimate of drug-likeness (QED) is 0.299. The number of amides is 2. The van der Waals surface area contributed by atoms with E-state index < -0.39 is 45.5 Å². The average molecular weight is 603 g/mol. The molecule has 2 heterocycles. The van der Waals surface area contributed by atoms with Crippen LogP contribution in [0.3, 0.4) is 0 Å². The molecule has 1 saturated carbocycles. The molecule has 2 aliphatic carbocycles. The Morgan fingerprint density at radius 3 is 2.73 bits per heavy atom. The minimum absolute atomic E-state index is 0.0124. The number of aryl methyl sites for hydroxylation is 2. The molecule has 15 heteroatoms. The number of benzene rings is 1. The Bertz CT molecular complexity index is 1460. The number of sulfone groups is 1. The van der Waals surface area contributed by atoms with Crippen LogP contribution in [0.4, 0.5) is 23.4 Å². The lowest BCUT2D eigenvalue weighted by Gasteiger charge is -2.35. The largest absolute Gasteiger partial charge is 0.493 e. The van der Waals surface area contributed by atoms with Crippen LogP contribution < -0.4 is 15.4 Å². The molecule has 0 unspecified atom stereocenters. The number of nitrogens with zero attached hydrogens (tertiary/aromatic N) is 2. The van der Waals surface area contributed by atoms with Crippen molar-refractivity contribution in [2.75, 3.05) is 30.5 Å². The predicted molar refractivity (Wildman–Crippen MR) is 138 cm³/mol. The highest BCUT2D eigenvalue weighted by atomic mass is 32.2. The number of anilines is 1. The van der Waals surface area contributed by atoms with Gasteiger partial charge < -0.3 is 20.1 Å². The van der Waals surface area contributed by atoms with Crippen molar-refractivity contribution in [2.24, 2.45) is 5.92 Å². The highest BCUT2D eigenvalue weighted by Gasteiger charge is 2.47. The molecule has 3 aliphatic rings. The van der Waals surface area contributed by atoms with Gasteiger partial charge in [-0.1, -0.05) is 6.07 Å². The Morgan fingerprint density at radius 1 is 1.29 bits per heavy atom. The van der Waals surface area contributed by atoms with Crippen LogP contribution in [0, 0.1) is 5.92 Å². The molecule has 5 rings (SSSR count). The van der Waals surface area contributed by atoms with Crippen molar-refractivity contribution in [2.45, 2.75) is 63.1 Å². The zero-order valence-electron chi connectivity index (χ0n) is 22.2. The van der Waals surface area contributed by atoms with Crippen molar-refractivity contribution in [3.05, 3.63) is 40.6 Å². The second-order valence-corrected chi connectivity index (χ2v) is 13.1. The molecule has 1 aliphatic heterocycles. The van der Waals surface area contributed by atoms with E-state index in [1.165, 1.54) is 4.68 Å². The number of fused-ring (bicyclic) bond motifs is 3. The lowest BCUT2D eigenvalue weighted by molar-refractivity contribution is -0.129. The Morgan fingerprint density at radius 2 is 2.05 bits per heavy atom. The number of ether oxygens (including phenoxy) is 2. The maximum atomic E-state index is 13.5. The summed E-state index contributed by atoms with van der Waals surface area (Å²) in [4.78, 5) is 25.9. The molecule has 1 aromatic heterocycles. The zero-order valence-corrected chi connectivity index (χ0v) is 23.0. The first-order valence-electron chi connectivity index (χ1n) is 13.2. The van der Waals surface area contributed by atoms with Crippen molar-refractivity contribution in [3.8, 4) is 5.75 Å². The minimum atomic E-state index is -3.66. The summed E-state index contributed by atoms with van der Waals surface area (Å²) in [6.07, 6.45) is 2.07. The second kappa shape index (κ2) is 10.9. The van der Waals surface area contributed by atoms with E-state index in [1.807, 2.05) is 12.1 Å². The molecule has 1 spiro atoms. The van der Waals surface area contributed by atoms with E-state index >= 15 is 0 Å². The summed E-state index contributed by atoms with van der Waals surface area (Å²) < 4.78 is 85.6. The Kier molecular flexibility index (Phi) is 7.78. The smallest absolute Gasteiger partial charge is 0.345 e. The molecule has 0 bridgehead atoms. The van der Waals surface area contributed by atoms with Crippen LogP contribution in [-0.2, 0) is 44.3 Å². The van der Waals surface area contributed by atoms with Gasteiger partial charge in [0.25, 0.3) is 5.91 Å². The number of nitrogens with one attached hydrogen (secondary N) is 2. The standard InChI is InChI=1S/C26H30F4N4O6S/c1-41(37,38)14-20(35)31-22-21-19(33-34(22)7-2-8-39-24(27)28)12-25(32-23(21)36)6-5-16-9-17(3-4-18(16)25)40-13-15-10-26(29,30)11-15/h3-4,9,15,24H,2,5-8,10-14H2,1H3,(H,31,35)(H,32,36)/t25-/m0/s1. The highest BCUT2D eigenvalue weighted by Crippen LogP contribution is 2.45. The van der Waals surface area contributed by atoms with Gasteiger partial charge in [-0.15, -0.1) is 0 Å². The van der Waals surface area contributed by atoms with E-state index in [0.29, 0.717) is 24.3 Å². The van der Waals surface area contributed by atoms with Crippen LogP contribution >= 0.6 is 0 Å². The monoisotopic (exact) mass is 602 g/mol. The summed E-state index contributed by atoms with van der Waals surface area (Å²) in [7, 11) is -3.66. The Balaban J connectivity index is 1.36. The molecular weight excluding hydrogens is 572 g/mol. The molecule has 41 heavy (non-hydrogen) atoms. The SMILES string of the molecule is CS(=O)(=O)CC(=O)Nc1c2c(nn1CCCOC(F)F)C[C@]1(CCc3cc(OCC4CC(F)(F)C4)ccc31)NC2=O. The van der Waals surface area contributed by atoms with Crippen LogP contribution in [-0.4, -0.2) is 67.8 Å². The fourth-order valence-electron chi connectivity index (χ4n) is 5.81. The third kappa shape index (κ3) is 6.50. The number of carbonyl (C=O) groups is 2. The van der Waals surface area contributed by atoms with Gasteiger partial charge in [0.05, 0.1) is 24.4 Å². The van der Waals surface area contributed by atoms with E-state index in [-0.39, 0.29) is 62.7 Å². The van der Waals surface area contributed by atoms with Crippen molar-refractivity contribution >= 4 is 27.5 Å². The number of aromatic nitrogens is 2. The molecule has 0 saturated heterocycles. The highest BCUT2D eigenvalue weighted by molar-refractivity contribution is 7.91. The maximum Gasteiger partial charge on any atom is 0.345 e. The Labute approximate surface area is 233 Å². The number of halogens is 4.